The fourth-order valence-electron chi connectivity index (χ4n) is 5.08. The molecule has 35 heavy (non-hydrogen) atoms. The first-order valence-electron chi connectivity index (χ1n) is 11.0. The Kier molecular flexibility index (Phi) is 6.18. The number of fused-ring (bicyclic) bond motifs is 2. The molecule has 13 heteroatoms. The lowest BCUT2D eigenvalue weighted by Crippen LogP contribution is -2.55. The largest absolute Gasteiger partial charge is 0.347 e. The van der Waals surface area contributed by atoms with E-state index in [1.54, 1.807) is 4.90 Å². The van der Waals surface area contributed by atoms with Crippen molar-refractivity contribution in [2.75, 3.05) is 31.1 Å². The maximum absolute atomic E-state index is 13.7. The Bertz CT molecular complexity index is 1280. The molecule has 4 heterocycles. The van der Waals surface area contributed by atoms with Crippen LogP contribution in [0.15, 0.2) is 35.2 Å². The molecule has 0 aliphatic carbocycles. The van der Waals surface area contributed by atoms with Crippen LogP contribution in [0.3, 0.4) is 0 Å². The van der Waals surface area contributed by atoms with Crippen LogP contribution in [-0.4, -0.2) is 72.7 Å². The fraction of sp³-hybridized carbons (Fsp3) is 0.455. The fourth-order valence-corrected chi connectivity index (χ4v) is 7.10. The average Bonchev–Trinajstić information content (AvgIpc) is 3.28. The van der Waals surface area contributed by atoms with Crippen molar-refractivity contribution < 1.29 is 26.4 Å². The van der Waals surface area contributed by atoms with Gasteiger partial charge in [-0.25, -0.2) is 26.6 Å². The van der Waals surface area contributed by atoms with Gasteiger partial charge in [-0.1, -0.05) is 23.2 Å². The SMILES string of the molecule is O=C(c1ccc(F)cc1Cl)N1CC2CCC(C1)N2c1cc(S(=O)(=O)N2CCC(F)(F)C2)cc(Cl)n1. The van der Waals surface area contributed by atoms with Crippen LogP contribution in [0.2, 0.25) is 10.2 Å². The average molecular weight is 549 g/mol. The van der Waals surface area contributed by atoms with Gasteiger partial charge in [-0.3, -0.25) is 4.79 Å². The molecule has 0 N–H and O–H groups in total. The zero-order valence-electron chi connectivity index (χ0n) is 18.3. The smallest absolute Gasteiger partial charge is 0.262 e. The molecule has 7 nitrogen and oxygen atoms in total. The molecule has 2 aromatic rings. The maximum atomic E-state index is 13.7. The zero-order valence-corrected chi connectivity index (χ0v) is 20.6. The molecule has 1 aromatic carbocycles. The summed E-state index contributed by atoms with van der Waals surface area (Å²) in [6.07, 6.45) is 0.941. The molecular weight excluding hydrogens is 528 g/mol. The minimum Gasteiger partial charge on any atom is -0.347 e. The van der Waals surface area contributed by atoms with Gasteiger partial charge in [0.05, 0.1) is 22.0 Å². The molecule has 2 bridgehead atoms. The normalized spacial score (nSPS) is 24.3. The van der Waals surface area contributed by atoms with E-state index < -0.39 is 34.7 Å². The van der Waals surface area contributed by atoms with Gasteiger partial charge in [-0.2, -0.15) is 4.31 Å². The number of nitrogens with zero attached hydrogens (tertiary/aromatic N) is 4. The van der Waals surface area contributed by atoms with Gasteiger partial charge >= 0.3 is 0 Å². The van der Waals surface area contributed by atoms with E-state index in [-0.39, 0.29) is 45.2 Å². The van der Waals surface area contributed by atoms with E-state index in [1.807, 2.05) is 4.90 Å². The van der Waals surface area contributed by atoms with Crippen LogP contribution in [0, 0.1) is 5.82 Å². The molecule has 188 valence electrons. The van der Waals surface area contributed by atoms with E-state index in [0.717, 1.165) is 29.3 Å². The Labute approximate surface area is 210 Å². The lowest BCUT2D eigenvalue weighted by Gasteiger charge is -2.42. The summed E-state index contributed by atoms with van der Waals surface area (Å²) in [5, 5.41) is -0.0355. The second kappa shape index (κ2) is 8.79. The van der Waals surface area contributed by atoms with Crippen molar-refractivity contribution in [3.63, 3.8) is 0 Å². The van der Waals surface area contributed by atoms with Gasteiger partial charge in [0, 0.05) is 44.2 Å². The third-order valence-electron chi connectivity index (χ3n) is 6.72. The van der Waals surface area contributed by atoms with Gasteiger partial charge in [0.1, 0.15) is 16.8 Å². The molecular formula is C22H21Cl2F3N4O3S. The number of aromatic nitrogens is 1. The van der Waals surface area contributed by atoms with Crippen LogP contribution in [0.1, 0.15) is 29.6 Å². The number of anilines is 1. The summed E-state index contributed by atoms with van der Waals surface area (Å²) in [7, 11) is -4.18. The highest BCUT2D eigenvalue weighted by molar-refractivity contribution is 7.89. The summed E-state index contributed by atoms with van der Waals surface area (Å²) >= 11 is 12.2. The van der Waals surface area contributed by atoms with Crippen LogP contribution in [-0.2, 0) is 10.0 Å². The maximum Gasteiger partial charge on any atom is 0.262 e. The topological polar surface area (TPSA) is 73.8 Å². The molecule has 3 saturated heterocycles. The number of hydrogen-bond donors (Lipinski definition) is 0. The zero-order chi connectivity index (χ0) is 25.1. The van der Waals surface area contributed by atoms with Crippen molar-refractivity contribution in [3.05, 3.63) is 51.9 Å². The Hall–Kier alpha value is -2.08. The first-order chi connectivity index (χ1) is 16.4. The second-order valence-electron chi connectivity index (χ2n) is 9.05. The van der Waals surface area contributed by atoms with Gasteiger partial charge in [-0.05, 0) is 37.1 Å². The van der Waals surface area contributed by atoms with Gasteiger partial charge in [0.15, 0.2) is 0 Å². The number of amides is 1. The van der Waals surface area contributed by atoms with Gasteiger partial charge in [0.25, 0.3) is 11.8 Å². The third kappa shape index (κ3) is 4.59. The van der Waals surface area contributed by atoms with Crippen molar-refractivity contribution in [2.24, 2.45) is 0 Å². The molecule has 2 atom stereocenters. The summed E-state index contributed by atoms with van der Waals surface area (Å²) < 4.78 is 67.6. The Morgan fingerprint density at radius 1 is 1.09 bits per heavy atom. The van der Waals surface area contributed by atoms with Crippen LogP contribution >= 0.6 is 23.2 Å². The number of likely N-dealkylation sites (tertiary alicyclic amines) is 1. The van der Waals surface area contributed by atoms with E-state index in [0.29, 0.717) is 18.9 Å². The van der Waals surface area contributed by atoms with Crippen LogP contribution in [0.25, 0.3) is 0 Å². The summed E-state index contributed by atoms with van der Waals surface area (Å²) in [6.45, 7) is -0.486. The molecule has 5 rings (SSSR count). The van der Waals surface area contributed by atoms with Crippen molar-refractivity contribution in [1.29, 1.82) is 0 Å². The summed E-state index contributed by atoms with van der Waals surface area (Å²) in [4.78, 5) is 20.8. The second-order valence-corrected chi connectivity index (χ2v) is 11.8. The number of hydrogen-bond acceptors (Lipinski definition) is 5. The number of halogens is 5. The van der Waals surface area contributed by atoms with Crippen molar-refractivity contribution >= 4 is 45.0 Å². The number of rotatable bonds is 4. The summed E-state index contributed by atoms with van der Waals surface area (Å²) in [5.74, 6) is -3.60. The van der Waals surface area contributed by atoms with Gasteiger partial charge < -0.3 is 9.80 Å². The molecule has 0 spiro atoms. The highest BCUT2D eigenvalue weighted by Gasteiger charge is 2.45. The lowest BCUT2D eigenvalue weighted by molar-refractivity contribution is 0.0183. The van der Waals surface area contributed by atoms with Crippen LogP contribution < -0.4 is 4.90 Å². The molecule has 0 radical (unpaired) electrons. The quantitative estimate of drug-likeness (QED) is 0.539. The number of piperazine rings is 1. The molecule has 0 saturated carbocycles. The molecule has 3 aliphatic rings. The minimum atomic E-state index is -4.18. The van der Waals surface area contributed by atoms with Gasteiger partial charge in [-0.15, -0.1) is 0 Å². The molecule has 3 aliphatic heterocycles. The predicted molar refractivity (Wildman–Crippen MR) is 124 cm³/mol. The predicted octanol–water partition coefficient (Wildman–Crippen LogP) is 4.05. The summed E-state index contributed by atoms with van der Waals surface area (Å²) in [5.41, 5.74) is 0.206. The summed E-state index contributed by atoms with van der Waals surface area (Å²) in [6, 6.07) is 5.83. The first-order valence-corrected chi connectivity index (χ1v) is 13.2. The monoisotopic (exact) mass is 548 g/mol. The van der Waals surface area contributed by atoms with E-state index in [9.17, 15) is 26.4 Å². The number of alkyl halides is 2. The number of carbonyl (C=O) groups excluding carboxylic acids is 1. The number of sulfonamides is 1. The van der Waals surface area contributed by atoms with Crippen molar-refractivity contribution in [1.82, 2.24) is 14.2 Å². The lowest BCUT2D eigenvalue weighted by atomic mass is 10.1. The van der Waals surface area contributed by atoms with Crippen LogP contribution in [0.4, 0.5) is 19.0 Å². The van der Waals surface area contributed by atoms with Crippen molar-refractivity contribution in [3.8, 4) is 0 Å². The van der Waals surface area contributed by atoms with E-state index in [2.05, 4.69) is 4.98 Å². The molecule has 1 aromatic heterocycles. The van der Waals surface area contributed by atoms with E-state index in [1.165, 1.54) is 18.2 Å². The number of pyridine rings is 1. The number of carbonyl (C=O) groups is 1. The van der Waals surface area contributed by atoms with E-state index >= 15 is 0 Å². The van der Waals surface area contributed by atoms with E-state index in [4.69, 9.17) is 23.2 Å². The minimum absolute atomic E-state index is 0.0311. The molecule has 1 amide bonds. The Balaban J connectivity index is 1.39. The van der Waals surface area contributed by atoms with Crippen LogP contribution in [0.5, 0.6) is 0 Å². The third-order valence-corrected chi connectivity index (χ3v) is 9.05. The first kappa shape index (κ1) is 24.6. The highest BCUT2D eigenvalue weighted by Crippen LogP contribution is 2.38. The number of benzene rings is 1. The van der Waals surface area contributed by atoms with Gasteiger partial charge in [0.2, 0.25) is 10.0 Å². The Morgan fingerprint density at radius 2 is 1.77 bits per heavy atom. The highest BCUT2D eigenvalue weighted by atomic mass is 35.5. The standard InChI is InChI=1S/C22H21Cl2F3N4O3S/c23-18-7-13(25)1-4-17(18)21(32)29-10-14-2-3-15(11-29)31(14)20-9-16(8-19(24)28-20)35(33,34)30-6-5-22(26,27)12-30/h1,4,7-9,14-15H,2-3,5-6,10-12H2. The van der Waals surface area contributed by atoms with Crippen molar-refractivity contribution in [2.45, 2.75) is 42.2 Å². The molecule has 3 fully saturated rings. The molecule has 2 unspecified atom stereocenters. The Morgan fingerprint density at radius 3 is 2.37 bits per heavy atom.